The van der Waals surface area contributed by atoms with Gasteiger partial charge in [-0.25, -0.2) is 4.79 Å². The monoisotopic (exact) mass is 254 g/mol. The van der Waals surface area contributed by atoms with Crippen LogP contribution in [0.2, 0.25) is 0 Å². The number of carbonyl (C=O) groups excluding carboxylic acids is 2. The molecular weight excluding hydrogens is 242 g/mol. The molecule has 1 fully saturated rings. The maximum atomic E-state index is 13.3. The average molecular weight is 254 g/mol. The van der Waals surface area contributed by atoms with E-state index >= 15 is 0 Å². The van der Waals surface area contributed by atoms with Crippen molar-refractivity contribution in [2.24, 2.45) is 0 Å². The van der Waals surface area contributed by atoms with Gasteiger partial charge >= 0.3 is 11.9 Å². The summed E-state index contributed by atoms with van der Waals surface area (Å²) in [5, 5.41) is 0. The summed E-state index contributed by atoms with van der Waals surface area (Å²) in [4.78, 5) is 22.2. The Bertz CT molecular complexity index is 277. The van der Waals surface area contributed by atoms with E-state index < -0.39 is 23.8 Å². The van der Waals surface area contributed by atoms with Crippen molar-refractivity contribution in [1.82, 2.24) is 0 Å². The fourth-order valence-corrected chi connectivity index (χ4v) is 2.01. The summed E-state index contributed by atoms with van der Waals surface area (Å²) in [6, 6.07) is 0. The lowest BCUT2D eigenvalue weighted by molar-refractivity contribution is -0.180. The fraction of sp³-hybridized carbons (Fsp3) is 0.778. The normalized spacial score (nSPS) is 21.6. The first-order valence-corrected chi connectivity index (χ1v) is 5.94. The van der Waals surface area contributed by atoms with E-state index in [-0.39, 0.29) is 19.0 Å². The molecule has 92 valence electrons. The number of hydrogen-bond acceptors (Lipinski definition) is 5. The Kier molecular flexibility index (Phi) is 4.67. The molecule has 1 atom stereocenters. The molecule has 1 heterocycles. The summed E-state index contributed by atoms with van der Waals surface area (Å²) in [5.74, 6) is -6.63. The van der Waals surface area contributed by atoms with E-state index in [4.69, 9.17) is 4.74 Å². The minimum atomic E-state index is -4.11. The van der Waals surface area contributed by atoms with Gasteiger partial charge in [-0.1, -0.05) is 0 Å². The molecule has 0 radical (unpaired) electrons. The fourth-order valence-electron chi connectivity index (χ4n) is 1.16. The van der Waals surface area contributed by atoms with Crippen LogP contribution in [0.15, 0.2) is 0 Å². The van der Waals surface area contributed by atoms with Gasteiger partial charge in [-0.15, -0.1) is 0 Å². The van der Waals surface area contributed by atoms with Gasteiger partial charge in [-0.3, -0.25) is 4.79 Å². The second kappa shape index (κ2) is 5.58. The lowest BCUT2D eigenvalue weighted by atomic mass is 10.1. The lowest BCUT2D eigenvalue weighted by Crippen LogP contribution is -2.48. The van der Waals surface area contributed by atoms with Gasteiger partial charge in [0.1, 0.15) is 6.10 Å². The Morgan fingerprint density at radius 3 is 2.75 bits per heavy atom. The van der Waals surface area contributed by atoms with Crippen LogP contribution in [0.4, 0.5) is 8.78 Å². The number of esters is 1. The molecule has 1 saturated heterocycles. The molecule has 0 aliphatic carbocycles. The van der Waals surface area contributed by atoms with E-state index in [2.05, 4.69) is 4.74 Å². The van der Waals surface area contributed by atoms with E-state index in [0.29, 0.717) is 5.75 Å². The van der Waals surface area contributed by atoms with Crippen LogP contribution in [0.25, 0.3) is 0 Å². The van der Waals surface area contributed by atoms with Gasteiger partial charge in [-0.2, -0.15) is 20.5 Å². The van der Waals surface area contributed by atoms with Gasteiger partial charge in [0.2, 0.25) is 5.78 Å². The van der Waals surface area contributed by atoms with Gasteiger partial charge in [0.15, 0.2) is 0 Å². The predicted octanol–water partition coefficient (Wildman–Crippen LogP) is 0.886. The van der Waals surface area contributed by atoms with Gasteiger partial charge in [-0.05, 0) is 6.92 Å². The van der Waals surface area contributed by atoms with Crippen LogP contribution in [-0.4, -0.2) is 48.5 Å². The zero-order chi connectivity index (χ0) is 12.2. The third-order valence-corrected chi connectivity index (χ3v) is 2.94. The summed E-state index contributed by atoms with van der Waals surface area (Å²) in [7, 11) is 0. The van der Waals surface area contributed by atoms with Crippen molar-refractivity contribution in [3.8, 4) is 0 Å². The number of ketones is 1. The molecule has 1 rings (SSSR count). The van der Waals surface area contributed by atoms with Crippen LogP contribution >= 0.6 is 11.8 Å². The molecule has 16 heavy (non-hydrogen) atoms. The van der Waals surface area contributed by atoms with E-state index in [1.165, 1.54) is 18.7 Å². The van der Waals surface area contributed by atoms with Crippen molar-refractivity contribution < 1.29 is 27.8 Å². The molecule has 0 aromatic rings. The smallest absolute Gasteiger partial charge is 0.402 e. The number of halogens is 2. The number of rotatable bonds is 4. The van der Waals surface area contributed by atoms with Crippen molar-refractivity contribution in [2.45, 2.75) is 19.0 Å². The molecule has 4 nitrogen and oxygen atoms in total. The zero-order valence-corrected chi connectivity index (χ0v) is 9.52. The van der Waals surface area contributed by atoms with E-state index in [9.17, 15) is 18.4 Å². The molecule has 0 amide bonds. The molecule has 0 spiro atoms. The highest BCUT2D eigenvalue weighted by atomic mass is 32.2. The number of Topliss-reactive ketones (excluding diaryl/α,β-unsaturated/α-hetero) is 1. The standard InChI is InChI=1S/C9H12F2O4S/c1-2-14-8(13)9(10,11)7(12)6-5-16-4-3-15-6/h6H,2-5H2,1H3. The van der Waals surface area contributed by atoms with Crippen molar-refractivity contribution in [3.63, 3.8) is 0 Å². The number of alkyl halides is 2. The molecule has 1 aliphatic rings. The second-order valence-electron chi connectivity index (χ2n) is 3.09. The minimum Gasteiger partial charge on any atom is -0.461 e. The summed E-state index contributed by atoms with van der Waals surface area (Å²) in [5.41, 5.74) is 0. The Morgan fingerprint density at radius 2 is 2.25 bits per heavy atom. The summed E-state index contributed by atoms with van der Waals surface area (Å²) in [6.45, 7) is 1.44. The molecular formula is C9H12F2O4S. The number of thioether (sulfide) groups is 1. The molecule has 0 aromatic carbocycles. The minimum absolute atomic E-state index is 0.147. The first-order chi connectivity index (χ1) is 7.50. The Balaban J connectivity index is 2.66. The predicted molar refractivity (Wildman–Crippen MR) is 53.7 cm³/mol. The lowest BCUT2D eigenvalue weighted by Gasteiger charge is -2.24. The second-order valence-corrected chi connectivity index (χ2v) is 4.24. The highest BCUT2D eigenvalue weighted by Crippen LogP contribution is 2.24. The van der Waals surface area contributed by atoms with Crippen LogP contribution in [0.5, 0.6) is 0 Å². The average Bonchev–Trinajstić information content (AvgIpc) is 2.29. The number of ether oxygens (including phenoxy) is 2. The SMILES string of the molecule is CCOC(=O)C(F)(F)C(=O)C1CSCCO1. The topological polar surface area (TPSA) is 52.6 Å². The molecule has 0 N–H and O–H groups in total. The van der Waals surface area contributed by atoms with Crippen LogP contribution in [-0.2, 0) is 19.1 Å². The van der Waals surface area contributed by atoms with Gasteiger partial charge < -0.3 is 9.47 Å². The highest BCUT2D eigenvalue weighted by Gasteiger charge is 2.52. The van der Waals surface area contributed by atoms with Crippen molar-refractivity contribution in [3.05, 3.63) is 0 Å². The molecule has 1 aliphatic heterocycles. The highest BCUT2D eigenvalue weighted by molar-refractivity contribution is 7.99. The largest absolute Gasteiger partial charge is 0.461 e. The quantitative estimate of drug-likeness (QED) is 0.551. The third-order valence-electron chi connectivity index (χ3n) is 1.95. The number of hydrogen-bond donors (Lipinski definition) is 0. The first kappa shape index (κ1) is 13.4. The van der Waals surface area contributed by atoms with Crippen molar-refractivity contribution in [1.29, 1.82) is 0 Å². The first-order valence-electron chi connectivity index (χ1n) is 4.78. The molecule has 0 bridgehead atoms. The van der Waals surface area contributed by atoms with Crippen molar-refractivity contribution in [2.75, 3.05) is 24.7 Å². The summed E-state index contributed by atoms with van der Waals surface area (Å²) in [6.07, 6.45) is -1.22. The van der Waals surface area contributed by atoms with Crippen LogP contribution in [0.3, 0.4) is 0 Å². The van der Waals surface area contributed by atoms with E-state index in [0.717, 1.165) is 0 Å². The summed E-state index contributed by atoms with van der Waals surface area (Å²) < 4.78 is 35.6. The Labute approximate surface area is 95.7 Å². The molecule has 0 aromatic heterocycles. The molecule has 1 unspecified atom stereocenters. The third kappa shape index (κ3) is 2.91. The summed E-state index contributed by atoms with van der Waals surface area (Å²) >= 11 is 1.34. The Hall–Kier alpha value is -0.690. The van der Waals surface area contributed by atoms with Gasteiger partial charge in [0, 0.05) is 11.5 Å². The maximum absolute atomic E-state index is 13.3. The molecule has 0 saturated carbocycles. The van der Waals surface area contributed by atoms with E-state index in [1.54, 1.807) is 0 Å². The van der Waals surface area contributed by atoms with E-state index in [1.807, 2.05) is 0 Å². The van der Waals surface area contributed by atoms with Crippen LogP contribution in [0, 0.1) is 0 Å². The Morgan fingerprint density at radius 1 is 1.56 bits per heavy atom. The van der Waals surface area contributed by atoms with Crippen molar-refractivity contribution >= 4 is 23.5 Å². The number of carbonyl (C=O) groups is 2. The van der Waals surface area contributed by atoms with Crippen LogP contribution < -0.4 is 0 Å². The molecule has 7 heteroatoms. The van der Waals surface area contributed by atoms with Gasteiger partial charge in [0.25, 0.3) is 0 Å². The maximum Gasteiger partial charge on any atom is 0.402 e. The van der Waals surface area contributed by atoms with Crippen LogP contribution in [0.1, 0.15) is 6.92 Å². The zero-order valence-electron chi connectivity index (χ0n) is 8.70. The van der Waals surface area contributed by atoms with Gasteiger partial charge in [0.05, 0.1) is 13.2 Å².